The predicted molar refractivity (Wildman–Crippen MR) is 123 cm³/mol. The fourth-order valence-corrected chi connectivity index (χ4v) is 3.63. The van der Waals surface area contributed by atoms with Gasteiger partial charge in [0.25, 0.3) is 5.91 Å². The molecule has 0 radical (unpaired) electrons. The average Bonchev–Trinajstić information content (AvgIpc) is 2.77. The first-order valence-corrected chi connectivity index (χ1v) is 10.8. The summed E-state index contributed by atoms with van der Waals surface area (Å²) in [5.74, 6) is 1.18. The molecule has 1 saturated heterocycles. The molecule has 0 spiro atoms. The number of methoxy groups -OCH3 is 1. The molecule has 8 heteroatoms. The normalized spacial score (nSPS) is 15.2. The summed E-state index contributed by atoms with van der Waals surface area (Å²) >= 11 is 6.26. The van der Waals surface area contributed by atoms with Crippen molar-refractivity contribution >= 4 is 23.7 Å². The van der Waals surface area contributed by atoms with Crippen LogP contribution in [0.2, 0.25) is 5.02 Å². The van der Waals surface area contributed by atoms with E-state index < -0.39 is 0 Å². The molecule has 0 saturated carbocycles. The van der Waals surface area contributed by atoms with Crippen molar-refractivity contribution in [3.8, 4) is 11.5 Å². The molecule has 3 rings (SSSR count). The van der Waals surface area contributed by atoms with Gasteiger partial charge in [0.05, 0.1) is 26.5 Å². The summed E-state index contributed by atoms with van der Waals surface area (Å²) in [6.45, 7) is 7.09. The number of hydrogen-bond donors (Lipinski definition) is 1. The van der Waals surface area contributed by atoms with E-state index >= 15 is 0 Å². The molecule has 166 valence electrons. The lowest BCUT2D eigenvalue weighted by Gasteiger charge is -2.34. The van der Waals surface area contributed by atoms with Crippen molar-refractivity contribution in [1.82, 2.24) is 15.2 Å². The highest BCUT2D eigenvalue weighted by Crippen LogP contribution is 2.27. The zero-order chi connectivity index (χ0) is 22.1. The standard InChI is InChI=1S/C23H29ClN4O3/c1-3-31-21-9-8-18(14-22(21)30-2)15-25-26-23(29)17-28-12-10-27(11-13-28)16-19-6-4-5-7-20(19)24/h4-9,14-15H,3,10-13,16-17H2,1-2H3,(H,26,29)/b25-15-. The van der Waals surface area contributed by atoms with E-state index in [0.717, 1.165) is 48.9 Å². The number of benzene rings is 2. The van der Waals surface area contributed by atoms with Crippen molar-refractivity contribution < 1.29 is 14.3 Å². The Bertz CT molecular complexity index is 898. The van der Waals surface area contributed by atoms with Crippen LogP contribution in [-0.4, -0.2) is 68.4 Å². The second-order valence-electron chi connectivity index (χ2n) is 7.28. The fraction of sp³-hybridized carbons (Fsp3) is 0.391. The minimum absolute atomic E-state index is 0.131. The Hall–Kier alpha value is -2.61. The van der Waals surface area contributed by atoms with Crippen LogP contribution in [0.25, 0.3) is 0 Å². The molecule has 1 aliphatic heterocycles. The molecular weight excluding hydrogens is 416 g/mol. The second-order valence-corrected chi connectivity index (χ2v) is 7.69. The number of carbonyl (C=O) groups is 1. The van der Waals surface area contributed by atoms with Gasteiger partial charge in [0.2, 0.25) is 0 Å². The molecule has 1 heterocycles. The van der Waals surface area contributed by atoms with E-state index in [1.54, 1.807) is 13.3 Å². The van der Waals surface area contributed by atoms with Crippen LogP contribution in [0.15, 0.2) is 47.6 Å². The summed E-state index contributed by atoms with van der Waals surface area (Å²) in [5.41, 5.74) is 4.55. The molecule has 7 nitrogen and oxygen atoms in total. The Balaban J connectivity index is 1.42. The highest BCUT2D eigenvalue weighted by molar-refractivity contribution is 6.31. The molecule has 31 heavy (non-hydrogen) atoms. The lowest BCUT2D eigenvalue weighted by molar-refractivity contribution is -0.122. The summed E-state index contributed by atoms with van der Waals surface area (Å²) in [5, 5.41) is 4.86. The minimum atomic E-state index is -0.131. The molecule has 0 bridgehead atoms. The molecule has 0 atom stereocenters. The van der Waals surface area contributed by atoms with Gasteiger partial charge >= 0.3 is 0 Å². The van der Waals surface area contributed by atoms with Gasteiger partial charge in [0, 0.05) is 37.7 Å². The van der Waals surface area contributed by atoms with Gasteiger partial charge in [-0.15, -0.1) is 0 Å². The van der Waals surface area contributed by atoms with Crippen LogP contribution in [0, 0.1) is 0 Å². The number of nitrogens with one attached hydrogen (secondary N) is 1. The lowest BCUT2D eigenvalue weighted by Crippen LogP contribution is -2.48. The number of piperazine rings is 1. The fourth-order valence-electron chi connectivity index (χ4n) is 3.43. The SMILES string of the molecule is CCOc1ccc(/C=N\NC(=O)CN2CCN(Cc3ccccc3Cl)CC2)cc1OC. The molecule has 2 aromatic carbocycles. The quantitative estimate of drug-likeness (QED) is 0.475. The maximum Gasteiger partial charge on any atom is 0.254 e. The highest BCUT2D eigenvalue weighted by atomic mass is 35.5. The summed E-state index contributed by atoms with van der Waals surface area (Å²) in [4.78, 5) is 16.7. The van der Waals surface area contributed by atoms with Gasteiger partial charge in [-0.3, -0.25) is 14.6 Å². The number of amides is 1. The molecular formula is C23H29ClN4O3. The summed E-state index contributed by atoms with van der Waals surface area (Å²) < 4.78 is 10.8. The van der Waals surface area contributed by atoms with E-state index in [4.69, 9.17) is 21.1 Å². The summed E-state index contributed by atoms with van der Waals surface area (Å²) in [7, 11) is 1.59. The first-order chi connectivity index (χ1) is 15.1. The van der Waals surface area contributed by atoms with Crippen molar-refractivity contribution in [1.29, 1.82) is 0 Å². The maximum atomic E-state index is 12.2. The molecule has 2 aromatic rings. The van der Waals surface area contributed by atoms with Crippen LogP contribution < -0.4 is 14.9 Å². The smallest absolute Gasteiger partial charge is 0.254 e. The molecule has 0 unspecified atom stereocenters. The number of nitrogens with zero attached hydrogens (tertiary/aromatic N) is 3. The zero-order valence-electron chi connectivity index (χ0n) is 18.0. The average molecular weight is 445 g/mol. The minimum Gasteiger partial charge on any atom is -0.493 e. The zero-order valence-corrected chi connectivity index (χ0v) is 18.8. The second kappa shape index (κ2) is 11.7. The van der Waals surface area contributed by atoms with E-state index in [1.807, 2.05) is 43.3 Å². The van der Waals surface area contributed by atoms with Crippen LogP contribution in [0.5, 0.6) is 11.5 Å². The van der Waals surface area contributed by atoms with Crippen molar-refractivity contribution in [2.45, 2.75) is 13.5 Å². The van der Waals surface area contributed by atoms with Gasteiger partial charge in [-0.2, -0.15) is 5.10 Å². The van der Waals surface area contributed by atoms with Gasteiger partial charge < -0.3 is 9.47 Å². The first-order valence-electron chi connectivity index (χ1n) is 10.4. The number of rotatable bonds is 9. The van der Waals surface area contributed by atoms with Gasteiger partial charge in [-0.1, -0.05) is 29.8 Å². The molecule has 1 aliphatic rings. The van der Waals surface area contributed by atoms with Crippen LogP contribution in [0.1, 0.15) is 18.1 Å². The summed E-state index contributed by atoms with van der Waals surface area (Å²) in [6.07, 6.45) is 1.59. The number of hydrogen-bond acceptors (Lipinski definition) is 6. The van der Waals surface area contributed by atoms with Gasteiger partial charge in [0.1, 0.15) is 0 Å². The van der Waals surface area contributed by atoms with Crippen LogP contribution in [-0.2, 0) is 11.3 Å². The van der Waals surface area contributed by atoms with Crippen molar-refractivity contribution in [2.24, 2.45) is 5.10 Å². The van der Waals surface area contributed by atoms with Crippen LogP contribution in [0.3, 0.4) is 0 Å². The Morgan fingerprint density at radius 2 is 1.87 bits per heavy atom. The largest absolute Gasteiger partial charge is 0.493 e. The molecule has 1 fully saturated rings. The Morgan fingerprint density at radius 1 is 1.13 bits per heavy atom. The maximum absolute atomic E-state index is 12.2. The number of hydrazone groups is 1. The van der Waals surface area contributed by atoms with Crippen LogP contribution in [0.4, 0.5) is 0 Å². The van der Waals surface area contributed by atoms with Crippen molar-refractivity contribution in [3.63, 3.8) is 0 Å². The van der Waals surface area contributed by atoms with Gasteiger partial charge in [-0.05, 0) is 42.3 Å². The Morgan fingerprint density at radius 3 is 2.58 bits per heavy atom. The molecule has 1 amide bonds. The van der Waals surface area contributed by atoms with Crippen LogP contribution >= 0.6 is 11.6 Å². The van der Waals surface area contributed by atoms with Gasteiger partial charge in [0.15, 0.2) is 11.5 Å². The molecule has 0 aliphatic carbocycles. The van der Waals surface area contributed by atoms with E-state index in [0.29, 0.717) is 24.7 Å². The predicted octanol–water partition coefficient (Wildman–Crippen LogP) is 3.02. The lowest BCUT2D eigenvalue weighted by atomic mass is 10.2. The first kappa shape index (κ1) is 23.1. The third-order valence-electron chi connectivity index (χ3n) is 5.07. The third kappa shape index (κ3) is 6.95. The highest BCUT2D eigenvalue weighted by Gasteiger charge is 2.19. The molecule has 1 N–H and O–H groups in total. The Kier molecular flexibility index (Phi) is 8.70. The number of halogens is 1. The topological polar surface area (TPSA) is 66.4 Å². The van der Waals surface area contributed by atoms with E-state index in [2.05, 4.69) is 26.4 Å². The van der Waals surface area contributed by atoms with E-state index in [1.165, 1.54) is 0 Å². The number of ether oxygens (including phenoxy) is 2. The molecule has 0 aromatic heterocycles. The van der Waals surface area contributed by atoms with Gasteiger partial charge in [-0.25, -0.2) is 5.43 Å². The van der Waals surface area contributed by atoms with Crippen molar-refractivity contribution in [3.05, 3.63) is 58.6 Å². The van der Waals surface area contributed by atoms with E-state index in [9.17, 15) is 4.79 Å². The third-order valence-corrected chi connectivity index (χ3v) is 5.44. The Labute approximate surface area is 188 Å². The summed E-state index contributed by atoms with van der Waals surface area (Å²) in [6, 6.07) is 13.4. The van der Waals surface area contributed by atoms with E-state index in [-0.39, 0.29) is 5.91 Å². The monoisotopic (exact) mass is 444 g/mol. The number of carbonyl (C=O) groups excluding carboxylic acids is 1. The van der Waals surface area contributed by atoms with Crippen molar-refractivity contribution in [2.75, 3.05) is 46.4 Å².